The average molecular weight is 367 g/mol. The number of nitrogens with zero attached hydrogens (tertiary/aromatic N) is 4. The van der Waals surface area contributed by atoms with Gasteiger partial charge in [0.25, 0.3) is 0 Å². The number of likely N-dealkylation sites (tertiary alicyclic amines) is 1. The van der Waals surface area contributed by atoms with E-state index in [0.717, 1.165) is 22.2 Å². The number of rotatable bonds is 4. The predicted molar refractivity (Wildman–Crippen MR) is 104 cm³/mol. The van der Waals surface area contributed by atoms with Crippen molar-refractivity contribution in [2.45, 2.75) is 19.4 Å². The quantitative estimate of drug-likeness (QED) is 0.521. The molecule has 0 atom stereocenters. The lowest BCUT2D eigenvalue weighted by atomic mass is 10.1. The van der Waals surface area contributed by atoms with E-state index in [1.807, 2.05) is 0 Å². The number of hydrogen-bond donors (Lipinski definition) is 0. The normalized spacial score (nSPS) is 15.4. The summed E-state index contributed by atoms with van der Waals surface area (Å²) in [5.41, 5.74) is 3.46. The summed E-state index contributed by atoms with van der Waals surface area (Å²) in [6.45, 7) is 3.26. The lowest BCUT2D eigenvalue weighted by molar-refractivity contribution is 0.325. The molecule has 0 amide bonds. The summed E-state index contributed by atoms with van der Waals surface area (Å²) in [6.07, 6.45) is 2.58. The van der Waals surface area contributed by atoms with Crippen LogP contribution in [0, 0.1) is 0 Å². The molecule has 0 aliphatic carbocycles. The van der Waals surface area contributed by atoms with Crippen LogP contribution in [0.25, 0.3) is 26.1 Å². The zero-order valence-electron chi connectivity index (χ0n) is 13.8. The van der Waals surface area contributed by atoms with Crippen LogP contribution in [0.1, 0.15) is 18.5 Å². The molecular formula is C19H18N4S2. The highest BCUT2D eigenvalue weighted by Gasteiger charge is 2.22. The minimum Gasteiger partial charge on any atom is -0.297 e. The van der Waals surface area contributed by atoms with Gasteiger partial charge in [-0.15, -0.1) is 11.3 Å². The maximum Gasteiger partial charge on any atom is 0.213 e. The molecule has 4 heterocycles. The fraction of sp³-hybridized carbons (Fsp3) is 0.263. The second kappa shape index (κ2) is 6.37. The maximum absolute atomic E-state index is 4.95. The standard InChI is InChI=1S/C19H18N4S2/c1-2-7-14(8-3-1)17-15(13-22-10-4-5-11-22)23-19(20-17)25-18(21-23)16-9-6-12-24-16/h1-3,6-9,12H,4-5,10-11,13H2. The van der Waals surface area contributed by atoms with Gasteiger partial charge in [-0.25, -0.2) is 9.50 Å². The molecule has 1 aliphatic rings. The molecule has 0 bridgehead atoms. The fourth-order valence-corrected chi connectivity index (χ4v) is 5.12. The summed E-state index contributed by atoms with van der Waals surface area (Å²) in [5.74, 6) is 0. The summed E-state index contributed by atoms with van der Waals surface area (Å²) < 4.78 is 2.07. The van der Waals surface area contributed by atoms with Crippen molar-refractivity contribution in [3.63, 3.8) is 0 Å². The van der Waals surface area contributed by atoms with Crippen LogP contribution in [0.3, 0.4) is 0 Å². The predicted octanol–water partition coefficient (Wildman–Crippen LogP) is 4.78. The molecule has 0 N–H and O–H groups in total. The highest BCUT2D eigenvalue weighted by atomic mass is 32.1. The highest BCUT2D eigenvalue weighted by molar-refractivity contribution is 7.23. The molecule has 4 nitrogen and oxygen atoms in total. The van der Waals surface area contributed by atoms with Gasteiger partial charge in [-0.2, -0.15) is 5.10 Å². The van der Waals surface area contributed by atoms with Gasteiger partial charge in [-0.3, -0.25) is 4.90 Å². The van der Waals surface area contributed by atoms with E-state index in [4.69, 9.17) is 10.1 Å². The monoisotopic (exact) mass is 366 g/mol. The van der Waals surface area contributed by atoms with Gasteiger partial charge < -0.3 is 0 Å². The lowest BCUT2D eigenvalue weighted by Gasteiger charge is -2.14. The third-order valence-corrected chi connectivity index (χ3v) is 6.60. The second-order valence-corrected chi connectivity index (χ2v) is 8.24. The van der Waals surface area contributed by atoms with Crippen LogP contribution < -0.4 is 0 Å². The first-order valence-corrected chi connectivity index (χ1v) is 10.3. The van der Waals surface area contributed by atoms with Crippen LogP contribution in [0.5, 0.6) is 0 Å². The van der Waals surface area contributed by atoms with Crippen LogP contribution in [-0.4, -0.2) is 32.6 Å². The summed E-state index contributed by atoms with van der Waals surface area (Å²) in [6, 6.07) is 14.7. The van der Waals surface area contributed by atoms with Gasteiger partial charge in [0, 0.05) is 12.1 Å². The Kier molecular flexibility index (Phi) is 3.88. The van der Waals surface area contributed by atoms with Gasteiger partial charge >= 0.3 is 0 Å². The van der Waals surface area contributed by atoms with Crippen LogP contribution in [0.4, 0.5) is 0 Å². The molecule has 0 unspecified atom stereocenters. The number of imidazole rings is 1. The van der Waals surface area contributed by atoms with E-state index in [2.05, 4.69) is 57.3 Å². The van der Waals surface area contributed by atoms with Crippen LogP contribution in [-0.2, 0) is 6.54 Å². The van der Waals surface area contributed by atoms with Gasteiger partial charge in [0.05, 0.1) is 16.3 Å². The van der Waals surface area contributed by atoms with Crippen molar-refractivity contribution in [3.05, 3.63) is 53.5 Å². The van der Waals surface area contributed by atoms with E-state index in [9.17, 15) is 0 Å². The largest absolute Gasteiger partial charge is 0.297 e. The van der Waals surface area contributed by atoms with Crippen molar-refractivity contribution in [3.8, 4) is 21.1 Å². The van der Waals surface area contributed by atoms with Crippen molar-refractivity contribution in [1.29, 1.82) is 0 Å². The maximum atomic E-state index is 4.95. The molecule has 0 spiro atoms. The van der Waals surface area contributed by atoms with Crippen molar-refractivity contribution >= 4 is 27.6 Å². The van der Waals surface area contributed by atoms with Gasteiger partial charge in [0.2, 0.25) is 4.96 Å². The van der Waals surface area contributed by atoms with Crippen molar-refractivity contribution in [1.82, 2.24) is 19.5 Å². The molecule has 3 aromatic heterocycles. The molecule has 1 aliphatic heterocycles. The Morgan fingerprint density at radius 2 is 1.84 bits per heavy atom. The van der Waals surface area contributed by atoms with Gasteiger partial charge in [0.1, 0.15) is 0 Å². The second-order valence-electron chi connectivity index (χ2n) is 6.34. The van der Waals surface area contributed by atoms with E-state index in [-0.39, 0.29) is 0 Å². The Balaban J connectivity index is 1.64. The zero-order chi connectivity index (χ0) is 16.6. The summed E-state index contributed by atoms with van der Waals surface area (Å²) in [5, 5.41) is 8.05. The van der Waals surface area contributed by atoms with E-state index >= 15 is 0 Å². The number of benzene rings is 1. The molecule has 25 heavy (non-hydrogen) atoms. The summed E-state index contributed by atoms with van der Waals surface area (Å²) in [7, 11) is 0. The molecular weight excluding hydrogens is 348 g/mol. The number of fused-ring (bicyclic) bond motifs is 1. The van der Waals surface area contributed by atoms with Crippen LogP contribution in [0.2, 0.25) is 0 Å². The first kappa shape index (κ1) is 15.3. The molecule has 126 valence electrons. The fourth-order valence-electron chi connectivity index (χ4n) is 3.41. The van der Waals surface area contributed by atoms with Crippen molar-refractivity contribution in [2.75, 3.05) is 13.1 Å². The molecule has 0 radical (unpaired) electrons. The smallest absolute Gasteiger partial charge is 0.213 e. The lowest BCUT2D eigenvalue weighted by Crippen LogP contribution is -2.20. The highest BCUT2D eigenvalue weighted by Crippen LogP contribution is 2.33. The minimum absolute atomic E-state index is 0.916. The molecule has 6 heteroatoms. The summed E-state index contributed by atoms with van der Waals surface area (Å²) >= 11 is 3.41. The molecule has 1 saturated heterocycles. The van der Waals surface area contributed by atoms with Crippen LogP contribution >= 0.6 is 22.7 Å². The van der Waals surface area contributed by atoms with Crippen LogP contribution in [0.15, 0.2) is 47.8 Å². The van der Waals surface area contributed by atoms with E-state index in [1.165, 1.54) is 42.1 Å². The molecule has 0 saturated carbocycles. The average Bonchev–Trinajstić information content (AvgIpc) is 3.42. The van der Waals surface area contributed by atoms with Crippen molar-refractivity contribution in [2.24, 2.45) is 0 Å². The van der Waals surface area contributed by atoms with Gasteiger partial charge in [0.15, 0.2) is 5.01 Å². The third-order valence-electron chi connectivity index (χ3n) is 4.65. The molecule has 1 aromatic carbocycles. The Morgan fingerprint density at radius 1 is 1.00 bits per heavy atom. The molecule has 4 aromatic rings. The Labute approximate surface area is 154 Å². The van der Waals surface area contributed by atoms with Gasteiger partial charge in [-0.05, 0) is 37.4 Å². The molecule has 5 rings (SSSR count). The SMILES string of the molecule is c1ccc(-c2nc3sc(-c4cccs4)nn3c2CN2CCCC2)cc1. The Morgan fingerprint density at radius 3 is 2.60 bits per heavy atom. The summed E-state index contributed by atoms with van der Waals surface area (Å²) in [4.78, 5) is 9.66. The van der Waals surface area contributed by atoms with Gasteiger partial charge in [-0.1, -0.05) is 47.7 Å². The van der Waals surface area contributed by atoms with E-state index in [0.29, 0.717) is 0 Å². The topological polar surface area (TPSA) is 33.4 Å². The Hall–Kier alpha value is -2.02. The molecule has 1 fully saturated rings. The number of thiophene rings is 1. The number of hydrogen-bond acceptors (Lipinski definition) is 5. The Bertz CT molecular complexity index is 979. The van der Waals surface area contributed by atoms with Crippen molar-refractivity contribution < 1.29 is 0 Å². The number of aromatic nitrogens is 3. The minimum atomic E-state index is 0.916. The first-order valence-electron chi connectivity index (χ1n) is 8.58. The van der Waals surface area contributed by atoms with E-state index in [1.54, 1.807) is 22.7 Å². The van der Waals surface area contributed by atoms with E-state index < -0.39 is 0 Å². The third kappa shape index (κ3) is 2.80. The first-order chi connectivity index (χ1) is 12.4. The zero-order valence-corrected chi connectivity index (χ0v) is 15.4.